The number of alkyl halides is 3. The predicted molar refractivity (Wildman–Crippen MR) is 110 cm³/mol. The average molecular weight is 464 g/mol. The Kier molecular flexibility index (Phi) is 6.53. The van der Waals surface area contributed by atoms with Crippen LogP contribution in [-0.4, -0.2) is 11.2 Å². The van der Waals surface area contributed by atoms with Gasteiger partial charge >= 0.3 is 6.18 Å². The Morgan fingerprint density at radius 1 is 1.14 bits per heavy atom. The van der Waals surface area contributed by atoms with E-state index in [2.05, 4.69) is 31.4 Å². The number of nitrogens with one attached hydrogen (secondary N) is 1. The lowest BCUT2D eigenvalue weighted by atomic mass is 10.1. The van der Waals surface area contributed by atoms with Gasteiger partial charge in [0.15, 0.2) is 0 Å². The Morgan fingerprint density at radius 2 is 1.97 bits per heavy atom. The number of nitrogens with zero attached hydrogens (tertiary/aromatic N) is 2. The highest BCUT2D eigenvalue weighted by atomic mass is 79.9. The van der Waals surface area contributed by atoms with Crippen molar-refractivity contribution in [2.75, 3.05) is 5.43 Å². The van der Waals surface area contributed by atoms with Gasteiger partial charge in [-0.2, -0.15) is 18.3 Å². The van der Waals surface area contributed by atoms with Crippen molar-refractivity contribution in [3.63, 3.8) is 0 Å². The van der Waals surface area contributed by atoms with Gasteiger partial charge in [0, 0.05) is 16.2 Å². The molecule has 8 heteroatoms. The standard InChI is InChI=1S/C21H17BrF3N3O/c1-14-3-2-4-15(9-14)13-29-19-7-6-18(22)10-16(19)11-27-28-20-8-5-17(12-26-20)21(23,24)25/h2-12H,13H2,1H3,(H,26,28)/b27-11-. The van der Waals surface area contributed by atoms with Gasteiger partial charge in [-0.1, -0.05) is 45.8 Å². The quantitative estimate of drug-likeness (QED) is 0.349. The molecule has 0 unspecified atom stereocenters. The molecule has 2 aromatic carbocycles. The van der Waals surface area contributed by atoms with E-state index in [9.17, 15) is 13.2 Å². The molecule has 0 aliphatic heterocycles. The minimum Gasteiger partial charge on any atom is -0.488 e. The minimum atomic E-state index is -4.42. The summed E-state index contributed by atoms with van der Waals surface area (Å²) in [5.74, 6) is 0.826. The second-order valence-corrected chi connectivity index (χ2v) is 7.18. The highest BCUT2D eigenvalue weighted by molar-refractivity contribution is 9.10. The summed E-state index contributed by atoms with van der Waals surface area (Å²) in [6.07, 6.45) is -2.14. The Balaban J connectivity index is 1.69. The number of benzene rings is 2. The number of aromatic nitrogens is 1. The number of hydrogen-bond donors (Lipinski definition) is 1. The Morgan fingerprint density at radius 3 is 2.66 bits per heavy atom. The highest BCUT2D eigenvalue weighted by Crippen LogP contribution is 2.29. The predicted octanol–water partition coefficient (Wildman–Crippen LogP) is 6.20. The third-order valence-electron chi connectivity index (χ3n) is 3.92. The molecular formula is C21H17BrF3N3O. The van der Waals surface area contributed by atoms with Crippen LogP contribution < -0.4 is 10.2 Å². The third kappa shape index (κ3) is 6.05. The summed E-state index contributed by atoms with van der Waals surface area (Å²) < 4.78 is 44.5. The van der Waals surface area contributed by atoms with Gasteiger partial charge in [0.25, 0.3) is 0 Å². The Labute approximate surface area is 174 Å². The summed E-state index contributed by atoms with van der Waals surface area (Å²) in [6, 6.07) is 15.7. The number of halogens is 4. The van der Waals surface area contributed by atoms with Gasteiger partial charge in [0.1, 0.15) is 18.2 Å². The number of ether oxygens (including phenoxy) is 1. The van der Waals surface area contributed by atoms with Crippen LogP contribution in [0.3, 0.4) is 0 Å². The molecule has 0 bridgehead atoms. The number of rotatable bonds is 6. The van der Waals surface area contributed by atoms with E-state index in [0.29, 0.717) is 17.9 Å². The van der Waals surface area contributed by atoms with Crippen LogP contribution in [0.4, 0.5) is 19.0 Å². The normalized spacial score (nSPS) is 11.6. The number of aryl methyl sites for hydroxylation is 1. The maximum Gasteiger partial charge on any atom is 0.417 e. The zero-order valence-corrected chi connectivity index (χ0v) is 17.0. The second-order valence-electron chi connectivity index (χ2n) is 6.26. The van der Waals surface area contributed by atoms with Crippen LogP contribution >= 0.6 is 15.9 Å². The van der Waals surface area contributed by atoms with Gasteiger partial charge in [-0.25, -0.2) is 4.98 Å². The number of hydrogen-bond acceptors (Lipinski definition) is 4. The largest absolute Gasteiger partial charge is 0.488 e. The summed E-state index contributed by atoms with van der Waals surface area (Å²) in [6.45, 7) is 2.42. The molecule has 1 aromatic heterocycles. The van der Waals surface area contributed by atoms with Crippen molar-refractivity contribution in [3.8, 4) is 5.75 Å². The zero-order valence-electron chi connectivity index (χ0n) is 15.4. The van der Waals surface area contributed by atoms with Crippen LogP contribution in [0.1, 0.15) is 22.3 Å². The van der Waals surface area contributed by atoms with Gasteiger partial charge < -0.3 is 4.74 Å². The van der Waals surface area contributed by atoms with Gasteiger partial charge in [0.2, 0.25) is 0 Å². The fourth-order valence-electron chi connectivity index (χ4n) is 2.51. The monoisotopic (exact) mass is 463 g/mol. The van der Waals surface area contributed by atoms with E-state index in [-0.39, 0.29) is 5.82 Å². The SMILES string of the molecule is Cc1cccc(COc2ccc(Br)cc2/C=N\Nc2ccc(C(F)(F)F)cn2)c1. The van der Waals surface area contributed by atoms with Crippen molar-refractivity contribution in [1.82, 2.24) is 4.98 Å². The lowest BCUT2D eigenvalue weighted by molar-refractivity contribution is -0.137. The molecule has 0 aliphatic carbocycles. The molecule has 3 rings (SSSR count). The molecular weight excluding hydrogens is 447 g/mol. The van der Waals surface area contributed by atoms with Gasteiger partial charge in [-0.3, -0.25) is 5.43 Å². The van der Waals surface area contributed by atoms with Crippen molar-refractivity contribution in [2.45, 2.75) is 19.7 Å². The second kappa shape index (κ2) is 9.09. The van der Waals surface area contributed by atoms with Crippen LogP contribution in [0.5, 0.6) is 5.75 Å². The van der Waals surface area contributed by atoms with Crippen molar-refractivity contribution in [1.29, 1.82) is 0 Å². The summed E-state index contributed by atoms with van der Waals surface area (Å²) in [5.41, 5.74) is 4.70. The maximum atomic E-state index is 12.6. The van der Waals surface area contributed by atoms with E-state index in [1.165, 1.54) is 12.3 Å². The topological polar surface area (TPSA) is 46.5 Å². The van der Waals surface area contributed by atoms with Crippen LogP contribution in [0.15, 0.2) is 70.4 Å². The maximum absolute atomic E-state index is 12.6. The fraction of sp³-hybridized carbons (Fsp3) is 0.143. The molecule has 0 atom stereocenters. The lowest BCUT2D eigenvalue weighted by Gasteiger charge is -2.10. The van der Waals surface area contributed by atoms with Gasteiger partial charge in [-0.15, -0.1) is 0 Å². The molecule has 3 aromatic rings. The van der Waals surface area contributed by atoms with E-state index in [4.69, 9.17) is 4.74 Å². The summed E-state index contributed by atoms with van der Waals surface area (Å²) in [7, 11) is 0. The molecule has 1 N–H and O–H groups in total. The molecule has 0 fully saturated rings. The minimum absolute atomic E-state index is 0.200. The van der Waals surface area contributed by atoms with Crippen molar-refractivity contribution < 1.29 is 17.9 Å². The molecule has 1 heterocycles. The van der Waals surface area contributed by atoms with Gasteiger partial charge in [-0.05, 0) is 42.8 Å². The molecule has 4 nitrogen and oxygen atoms in total. The van der Waals surface area contributed by atoms with Crippen LogP contribution in [-0.2, 0) is 12.8 Å². The molecule has 0 radical (unpaired) electrons. The van der Waals surface area contributed by atoms with E-state index >= 15 is 0 Å². The van der Waals surface area contributed by atoms with E-state index in [0.717, 1.165) is 27.9 Å². The van der Waals surface area contributed by atoms with E-state index < -0.39 is 11.7 Å². The van der Waals surface area contributed by atoms with Crippen LogP contribution in [0.2, 0.25) is 0 Å². The first-order chi connectivity index (χ1) is 13.8. The molecule has 0 aliphatic rings. The first-order valence-electron chi connectivity index (χ1n) is 8.61. The highest BCUT2D eigenvalue weighted by Gasteiger charge is 2.30. The zero-order chi connectivity index (χ0) is 20.9. The van der Waals surface area contributed by atoms with Crippen molar-refractivity contribution in [2.24, 2.45) is 5.10 Å². The fourth-order valence-corrected chi connectivity index (χ4v) is 2.89. The van der Waals surface area contributed by atoms with Crippen molar-refractivity contribution >= 4 is 28.0 Å². The number of hydrazone groups is 1. The van der Waals surface area contributed by atoms with E-state index in [1.807, 2.05) is 49.4 Å². The molecule has 150 valence electrons. The third-order valence-corrected chi connectivity index (χ3v) is 4.42. The first kappa shape index (κ1) is 20.9. The van der Waals surface area contributed by atoms with Crippen LogP contribution in [0.25, 0.3) is 0 Å². The average Bonchev–Trinajstić information content (AvgIpc) is 2.67. The number of pyridine rings is 1. The summed E-state index contributed by atoms with van der Waals surface area (Å²) in [5, 5.41) is 4.05. The lowest BCUT2D eigenvalue weighted by Crippen LogP contribution is -2.05. The summed E-state index contributed by atoms with van der Waals surface area (Å²) >= 11 is 3.41. The molecule has 0 spiro atoms. The van der Waals surface area contributed by atoms with Crippen molar-refractivity contribution in [3.05, 3.63) is 87.5 Å². The first-order valence-corrected chi connectivity index (χ1v) is 9.41. The summed E-state index contributed by atoms with van der Waals surface area (Å²) in [4.78, 5) is 3.72. The van der Waals surface area contributed by atoms with Gasteiger partial charge in [0.05, 0.1) is 11.8 Å². The smallest absolute Gasteiger partial charge is 0.417 e. The van der Waals surface area contributed by atoms with Crippen LogP contribution in [0, 0.1) is 6.92 Å². The Hall–Kier alpha value is -2.87. The number of anilines is 1. The molecule has 29 heavy (non-hydrogen) atoms. The molecule has 0 amide bonds. The molecule has 0 saturated carbocycles. The Bertz CT molecular complexity index is 1000. The molecule has 0 saturated heterocycles. The van der Waals surface area contributed by atoms with E-state index in [1.54, 1.807) is 0 Å².